The van der Waals surface area contributed by atoms with E-state index >= 15 is 0 Å². The largest absolute Gasteiger partial charge is 0.508 e. The van der Waals surface area contributed by atoms with E-state index < -0.39 is 10.6 Å². The molecule has 100 valence electrons. The first-order chi connectivity index (χ1) is 9.49. The van der Waals surface area contributed by atoms with Crippen LogP contribution in [0.25, 0.3) is 0 Å². The van der Waals surface area contributed by atoms with Crippen molar-refractivity contribution in [3.05, 3.63) is 51.7 Å². The minimum atomic E-state index is -0.682. The summed E-state index contributed by atoms with van der Waals surface area (Å²) in [6.07, 6.45) is 1.18. The third kappa shape index (κ3) is 2.81. The van der Waals surface area contributed by atoms with Crippen LogP contribution >= 0.6 is 0 Å². The van der Waals surface area contributed by atoms with Gasteiger partial charge in [-0.1, -0.05) is 0 Å². The maximum absolute atomic E-state index is 10.9. The quantitative estimate of drug-likeness (QED) is 0.678. The smallest absolute Gasteiger partial charge is 0.332 e. The number of hydrogen-bond acceptors (Lipinski definition) is 6. The molecular formula is C13H9N3O4. The summed E-state index contributed by atoms with van der Waals surface area (Å²) in [5.41, 5.74) is 0.387. The fraction of sp³-hybridized carbons (Fsp3) is 0.0769. The average molecular weight is 271 g/mol. The van der Waals surface area contributed by atoms with E-state index in [2.05, 4.69) is 4.98 Å². The summed E-state index contributed by atoms with van der Waals surface area (Å²) < 4.78 is 5.31. The lowest BCUT2D eigenvalue weighted by Crippen LogP contribution is -1.97. The number of ether oxygens (including phenoxy) is 1. The normalized spacial score (nSPS) is 9.80. The van der Waals surface area contributed by atoms with Crippen molar-refractivity contribution in [2.75, 3.05) is 0 Å². The molecule has 2 aromatic rings. The number of aryl methyl sites for hydroxylation is 1. The van der Waals surface area contributed by atoms with E-state index in [1.807, 2.05) is 0 Å². The van der Waals surface area contributed by atoms with Gasteiger partial charge in [-0.25, -0.2) is 4.98 Å². The Hall–Kier alpha value is -3.14. The number of phenols is 1. The molecule has 1 heterocycles. The Morgan fingerprint density at radius 3 is 2.75 bits per heavy atom. The van der Waals surface area contributed by atoms with Crippen LogP contribution in [0, 0.1) is 28.4 Å². The van der Waals surface area contributed by atoms with Crippen molar-refractivity contribution in [2.24, 2.45) is 0 Å². The number of rotatable bonds is 3. The molecule has 0 aliphatic heterocycles. The molecule has 7 nitrogen and oxygen atoms in total. The zero-order chi connectivity index (χ0) is 14.7. The molecule has 0 spiro atoms. The molecule has 0 aliphatic rings. The number of nitrogens with zero attached hydrogens (tertiary/aromatic N) is 3. The Kier molecular flexibility index (Phi) is 3.48. The van der Waals surface area contributed by atoms with Crippen molar-refractivity contribution in [3.63, 3.8) is 0 Å². The van der Waals surface area contributed by atoms with Gasteiger partial charge in [-0.3, -0.25) is 10.1 Å². The van der Waals surface area contributed by atoms with Crippen molar-refractivity contribution in [1.82, 2.24) is 4.98 Å². The van der Waals surface area contributed by atoms with Crippen molar-refractivity contribution < 1.29 is 14.8 Å². The average Bonchev–Trinajstić information content (AvgIpc) is 2.37. The van der Waals surface area contributed by atoms with Crippen molar-refractivity contribution in [3.8, 4) is 23.4 Å². The predicted molar refractivity (Wildman–Crippen MR) is 68.5 cm³/mol. The first kappa shape index (κ1) is 13.3. The van der Waals surface area contributed by atoms with Crippen LogP contribution < -0.4 is 4.74 Å². The minimum absolute atomic E-state index is 0.0173. The topological polar surface area (TPSA) is 109 Å². The molecule has 0 saturated heterocycles. The fourth-order valence-electron chi connectivity index (χ4n) is 1.61. The zero-order valence-corrected chi connectivity index (χ0v) is 10.4. The Bertz CT molecular complexity index is 702. The van der Waals surface area contributed by atoms with Crippen LogP contribution in [0.4, 0.5) is 5.69 Å². The number of phenolic OH excluding ortho intramolecular Hbond substituents is 1. The zero-order valence-electron chi connectivity index (χ0n) is 10.4. The number of aromatic nitrogens is 1. The van der Waals surface area contributed by atoms with Gasteiger partial charge in [-0.05, 0) is 24.6 Å². The fourth-order valence-corrected chi connectivity index (χ4v) is 1.61. The summed E-state index contributed by atoms with van der Waals surface area (Å²) in [4.78, 5) is 14.0. The molecular weight excluding hydrogens is 262 g/mol. The van der Waals surface area contributed by atoms with Crippen LogP contribution in [0.3, 0.4) is 0 Å². The highest BCUT2D eigenvalue weighted by Gasteiger charge is 2.19. The van der Waals surface area contributed by atoms with Crippen LogP contribution in [0.2, 0.25) is 0 Å². The standard InChI is InChI=1S/C13H9N3O4/c1-8-2-10(17)5-11(3-8)20-13-12(16(18)19)4-9(6-14)7-15-13/h2-5,7,17H,1H3. The molecule has 0 amide bonds. The molecule has 0 radical (unpaired) electrons. The van der Waals surface area contributed by atoms with Gasteiger partial charge in [0.2, 0.25) is 0 Å². The van der Waals surface area contributed by atoms with Gasteiger partial charge in [0, 0.05) is 18.3 Å². The summed E-state index contributed by atoms with van der Waals surface area (Å²) in [5, 5.41) is 29.1. The molecule has 0 aliphatic carbocycles. The molecule has 0 saturated carbocycles. The maximum Gasteiger partial charge on any atom is 0.332 e. The summed E-state index contributed by atoms with van der Waals surface area (Å²) in [6, 6.07) is 7.29. The number of nitriles is 1. The van der Waals surface area contributed by atoms with Crippen LogP contribution in [-0.4, -0.2) is 15.0 Å². The van der Waals surface area contributed by atoms with Gasteiger partial charge in [0.1, 0.15) is 17.6 Å². The number of pyridine rings is 1. The number of nitro groups is 1. The lowest BCUT2D eigenvalue weighted by Gasteiger charge is -2.06. The van der Waals surface area contributed by atoms with E-state index in [0.29, 0.717) is 0 Å². The van der Waals surface area contributed by atoms with Crippen LogP contribution in [-0.2, 0) is 0 Å². The monoisotopic (exact) mass is 271 g/mol. The van der Waals surface area contributed by atoms with Gasteiger partial charge >= 0.3 is 5.69 Å². The summed E-state index contributed by atoms with van der Waals surface area (Å²) in [5.74, 6) is -0.0295. The third-order valence-electron chi connectivity index (χ3n) is 2.41. The SMILES string of the molecule is Cc1cc(O)cc(Oc2ncc(C#N)cc2[N+](=O)[O-])c1. The van der Waals surface area contributed by atoms with Gasteiger partial charge in [0.15, 0.2) is 0 Å². The highest BCUT2D eigenvalue weighted by atomic mass is 16.6. The van der Waals surface area contributed by atoms with Crippen LogP contribution in [0.1, 0.15) is 11.1 Å². The van der Waals surface area contributed by atoms with E-state index in [0.717, 1.165) is 11.6 Å². The molecule has 1 aromatic heterocycles. The number of hydrogen-bond donors (Lipinski definition) is 1. The number of benzene rings is 1. The van der Waals surface area contributed by atoms with Gasteiger partial charge in [-0.15, -0.1) is 0 Å². The molecule has 0 fully saturated rings. The van der Waals surface area contributed by atoms with Crippen LogP contribution in [0.5, 0.6) is 17.4 Å². The second-order valence-electron chi connectivity index (χ2n) is 4.02. The lowest BCUT2D eigenvalue weighted by atomic mass is 10.2. The molecule has 0 unspecified atom stereocenters. The summed E-state index contributed by atoms with van der Waals surface area (Å²) >= 11 is 0. The molecule has 7 heteroatoms. The lowest BCUT2D eigenvalue weighted by molar-refractivity contribution is -0.386. The molecule has 1 N–H and O–H groups in total. The third-order valence-corrected chi connectivity index (χ3v) is 2.41. The van der Waals surface area contributed by atoms with E-state index in [-0.39, 0.29) is 22.9 Å². The van der Waals surface area contributed by atoms with Crippen LogP contribution in [0.15, 0.2) is 30.5 Å². The minimum Gasteiger partial charge on any atom is -0.508 e. The second kappa shape index (κ2) is 5.24. The van der Waals surface area contributed by atoms with Gasteiger partial charge in [0.05, 0.1) is 10.5 Å². The van der Waals surface area contributed by atoms with E-state index in [1.54, 1.807) is 19.1 Å². The van der Waals surface area contributed by atoms with Crippen molar-refractivity contribution >= 4 is 5.69 Å². The Morgan fingerprint density at radius 2 is 2.15 bits per heavy atom. The highest BCUT2D eigenvalue weighted by molar-refractivity contribution is 5.49. The highest BCUT2D eigenvalue weighted by Crippen LogP contribution is 2.31. The van der Waals surface area contributed by atoms with E-state index in [9.17, 15) is 15.2 Å². The van der Waals surface area contributed by atoms with Crippen molar-refractivity contribution in [2.45, 2.75) is 6.92 Å². The molecule has 0 atom stereocenters. The predicted octanol–water partition coefficient (Wildman–Crippen LogP) is 2.67. The number of aromatic hydroxyl groups is 1. The Morgan fingerprint density at radius 1 is 1.40 bits per heavy atom. The molecule has 0 bridgehead atoms. The second-order valence-corrected chi connectivity index (χ2v) is 4.02. The van der Waals surface area contributed by atoms with Gasteiger partial charge in [-0.2, -0.15) is 5.26 Å². The van der Waals surface area contributed by atoms with Gasteiger partial charge < -0.3 is 9.84 Å². The summed E-state index contributed by atoms with van der Waals surface area (Å²) in [6.45, 7) is 1.74. The van der Waals surface area contributed by atoms with E-state index in [4.69, 9.17) is 10.00 Å². The Labute approximate surface area is 113 Å². The van der Waals surface area contributed by atoms with E-state index in [1.165, 1.54) is 18.3 Å². The summed E-state index contributed by atoms with van der Waals surface area (Å²) in [7, 11) is 0. The Balaban J connectivity index is 2.43. The van der Waals surface area contributed by atoms with Gasteiger partial charge in [0.25, 0.3) is 5.88 Å². The molecule has 20 heavy (non-hydrogen) atoms. The molecule has 1 aromatic carbocycles. The molecule has 2 rings (SSSR count). The maximum atomic E-state index is 10.9. The first-order valence-corrected chi connectivity index (χ1v) is 5.52. The first-order valence-electron chi connectivity index (χ1n) is 5.52. The van der Waals surface area contributed by atoms with Crippen molar-refractivity contribution in [1.29, 1.82) is 5.26 Å².